The molecule has 2 saturated carbocycles. The molecule has 6 rings (SSSR count). The molecule has 2 amide bonds. The van der Waals surface area contributed by atoms with Crippen LogP contribution in [-0.2, 0) is 9.59 Å². The van der Waals surface area contributed by atoms with E-state index in [1.807, 2.05) is 12.1 Å². The molecule has 1 spiro atoms. The van der Waals surface area contributed by atoms with Crippen LogP contribution in [0.1, 0.15) is 37.9 Å². The van der Waals surface area contributed by atoms with Crippen LogP contribution >= 0.6 is 0 Å². The summed E-state index contributed by atoms with van der Waals surface area (Å²) in [6, 6.07) is 3.79. The van der Waals surface area contributed by atoms with Crippen molar-refractivity contribution in [1.82, 2.24) is 5.01 Å². The van der Waals surface area contributed by atoms with Gasteiger partial charge in [0.1, 0.15) is 5.76 Å². The van der Waals surface area contributed by atoms with Crippen LogP contribution in [0.2, 0.25) is 0 Å². The maximum absolute atomic E-state index is 12.9. The molecule has 27 heavy (non-hydrogen) atoms. The van der Waals surface area contributed by atoms with Gasteiger partial charge in [0.15, 0.2) is 5.88 Å². The summed E-state index contributed by atoms with van der Waals surface area (Å²) < 4.78 is 5.86. The predicted molar refractivity (Wildman–Crippen MR) is 99.0 cm³/mol. The quantitative estimate of drug-likeness (QED) is 0.469. The van der Waals surface area contributed by atoms with Gasteiger partial charge in [0.05, 0.1) is 18.1 Å². The maximum atomic E-state index is 12.9. The maximum Gasteiger partial charge on any atom is 0.254 e. The van der Waals surface area contributed by atoms with E-state index in [1.54, 1.807) is 0 Å². The second-order valence-electron chi connectivity index (χ2n) is 8.68. The lowest BCUT2D eigenvalue weighted by atomic mass is 9.85. The summed E-state index contributed by atoms with van der Waals surface area (Å²) in [4.78, 5) is 28.0. The number of fused-ring (bicyclic) bond motifs is 3. The number of hydrazone groups is 1. The predicted octanol–water partition coefficient (Wildman–Crippen LogP) is 2.80. The van der Waals surface area contributed by atoms with Crippen molar-refractivity contribution in [1.29, 1.82) is 0 Å². The number of anilines is 1. The summed E-state index contributed by atoms with van der Waals surface area (Å²) in [6.07, 6.45) is 11.8. The van der Waals surface area contributed by atoms with E-state index in [0.717, 1.165) is 36.8 Å². The lowest BCUT2D eigenvalue weighted by molar-refractivity contribution is -0.141. The molecule has 4 fully saturated rings. The van der Waals surface area contributed by atoms with Gasteiger partial charge in [-0.1, -0.05) is 12.2 Å². The molecule has 3 heterocycles. The minimum absolute atomic E-state index is 0.132. The average molecular weight is 365 g/mol. The van der Waals surface area contributed by atoms with Crippen LogP contribution in [0.5, 0.6) is 0 Å². The van der Waals surface area contributed by atoms with E-state index in [-0.39, 0.29) is 40.9 Å². The number of hydrogen-bond donors (Lipinski definition) is 0. The minimum Gasteiger partial charge on any atom is -0.440 e. The summed E-state index contributed by atoms with van der Waals surface area (Å²) in [5.41, 5.74) is 0.223. The average Bonchev–Trinajstić information content (AvgIpc) is 2.98. The van der Waals surface area contributed by atoms with Crippen molar-refractivity contribution < 1.29 is 14.0 Å². The molecule has 140 valence electrons. The van der Waals surface area contributed by atoms with E-state index in [2.05, 4.69) is 22.2 Å². The van der Waals surface area contributed by atoms with Gasteiger partial charge in [-0.05, 0) is 55.4 Å². The van der Waals surface area contributed by atoms with Crippen molar-refractivity contribution in [3.63, 3.8) is 0 Å². The van der Waals surface area contributed by atoms with Crippen LogP contribution in [0.15, 0.2) is 33.8 Å². The molecular formula is C21H23N3O3. The lowest BCUT2D eigenvalue weighted by Crippen LogP contribution is -2.30. The van der Waals surface area contributed by atoms with Crippen molar-refractivity contribution in [3.05, 3.63) is 30.0 Å². The molecule has 0 unspecified atom stereocenters. The molecule has 1 aromatic rings. The Balaban J connectivity index is 1.21. The molecule has 6 nitrogen and oxygen atoms in total. The van der Waals surface area contributed by atoms with Gasteiger partial charge in [-0.2, -0.15) is 10.1 Å². The first kappa shape index (κ1) is 15.7. The van der Waals surface area contributed by atoms with Crippen LogP contribution in [0.3, 0.4) is 0 Å². The number of carbonyl (C=O) groups is 2. The SMILES string of the molecule is O=C1[C@@H]2[C@@H](C(=O)N1/N=C\c1ccc(N3CCCCC3)o1)[C@H]1C=C[C@H]2C12CC2. The van der Waals surface area contributed by atoms with Crippen LogP contribution < -0.4 is 4.90 Å². The van der Waals surface area contributed by atoms with Gasteiger partial charge in [0.2, 0.25) is 0 Å². The second-order valence-corrected chi connectivity index (χ2v) is 8.68. The van der Waals surface area contributed by atoms with Crippen molar-refractivity contribution >= 4 is 23.9 Å². The van der Waals surface area contributed by atoms with E-state index in [9.17, 15) is 9.59 Å². The number of nitrogens with zero attached hydrogens (tertiary/aromatic N) is 3. The monoisotopic (exact) mass is 365 g/mol. The zero-order valence-electron chi connectivity index (χ0n) is 15.2. The molecule has 4 atom stereocenters. The van der Waals surface area contributed by atoms with Crippen LogP contribution in [0.25, 0.3) is 0 Å². The molecular weight excluding hydrogens is 342 g/mol. The third kappa shape index (κ3) is 2.04. The number of allylic oxidation sites excluding steroid dienone is 2. The topological polar surface area (TPSA) is 66.1 Å². The van der Waals surface area contributed by atoms with Crippen LogP contribution in [0.4, 0.5) is 5.88 Å². The zero-order valence-corrected chi connectivity index (χ0v) is 15.2. The molecule has 2 aliphatic heterocycles. The third-order valence-electron chi connectivity index (χ3n) is 7.41. The fourth-order valence-electron chi connectivity index (χ4n) is 5.99. The second kappa shape index (κ2) is 5.33. The first-order chi connectivity index (χ1) is 13.2. The highest BCUT2D eigenvalue weighted by Crippen LogP contribution is 2.73. The van der Waals surface area contributed by atoms with Crippen molar-refractivity contribution in [2.75, 3.05) is 18.0 Å². The van der Waals surface area contributed by atoms with E-state index in [4.69, 9.17) is 4.42 Å². The summed E-state index contributed by atoms with van der Waals surface area (Å²) in [7, 11) is 0. The molecule has 1 aromatic heterocycles. The Kier molecular flexibility index (Phi) is 3.09. The fraction of sp³-hybridized carbons (Fsp3) is 0.571. The van der Waals surface area contributed by atoms with E-state index < -0.39 is 0 Å². The third-order valence-corrected chi connectivity index (χ3v) is 7.41. The molecule has 0 aromatic carbocycles. The number of carbonyl (C=O) groups excluding carboxylic acids is 2. The number of piperidine rings is 1. The van der Waals surface area contributed by atoms with Gasteiger partial charge in [-0.15, -0.1) is 0 Å². The van der Waals surface area contributed by atoms with Crippen LogP contribution in [-0.4, -0.2) is 36.1 Å². The summed E-state index contributed by atoms with van der Waals surface area (Å²) in [5.74, 6) is 1.22. The molecule has 2 saturated heterocycles. The fourth-order valence-corrected chi connectivity index (χ4v) is 5.99. The molecule has 5 aliphatic rings. The van der Waals surface area contributed by atoms with Gasteiger partial charge in [0, 0.05) is 19.2 Å². The largest absolute Gasteiger partial charge is 0.440 e. The number of hydrogen-bond acceptors (Lipinski definition) is 5. The number of imide groups is 1. The Labute approximate surface area is 157 Å². The van der Waals surface area contributed by atoms with E-state index >= 15 is 0 Å². The molecule has 3 aliphatic carbocycles. The van der Waals surface area contributed by atoms with Gasteiger partial charge >= 0.3 is 0 Å². The summed E-state index contributed by atoms with van der Waals surface area (Å²) in [6.45, 7) is 2.02. The van der Waals surface area contributed by atoms with Crippen LogP contribution in [0, 0.1) is 29.1 Å². The molecule has 6 heteroatoms. The highest BCUT2D eigenvalue weighted by atomic mass is 16.4. The van der Waals surface area contributed by atoms with Gasteiger partial charge in [-0.3, -0.25) is 9.59 Å². The lowest BCUT2D eigenvalue weighted by Gasteiger charge is -2.25. The highest BCUT2D eigenvalue weighted by molar-refractivity contribution is 6.07. The first-order valence-corrected chi connectivity index (χ1v) is 10.1. The molecule has 0 N–H and O–H groups in total. The van der Waals surface area contributed by atoms with Gasteiger partial charge < -0.3 is 9.32 Å². The Morgan fingerprint density at radius 3 is 2.30 bits per heavy atom. The van der Waals surface area contributed by atoms with E-state index in [1.165, 1.54) is 25.5 Å². The van der Waals surface area contributed by atoms with Crippen molar-refractivity contribution in [2.45, 2.75) is 32.1 Å². The van der Waals surface area contributed by atoms with Crippen molar-refractivity contribution in [2.24, 2.45) is 34.2 Å². The molecule has 0 radical (unpaired) electrons. The Bertz CT molecular complexity index is 841. The Hall–Kier alpha value is -2.37. The zero-order chi connectivity index (χ0) is 18.2. The van der Waals surface area contributed by atoms with Crippen molar-refractivity contribution in [3.8, 4) is 0 Å². The highest BCUT2D eigenvalue weighted by Gasteiger charge is 2.73. The smallest absolute Gasteiger partial charge is 0.254 e. The molecule has 2 bridgehead atoms. The van der Waals surface area contributed by atoms with E-state index in [0.29, 0.717) is 5.76 Å². The Morgan fingerprint density at radius 1 is 1.00 bits per heavy atom. The van der Waals surface area contributed by atoms with Gasteiger partial charge in [-0.25, -0.2) is 0 Å². The van der Waals surface area contributed by atoms with Gasteiger partial charge in [0.25, 0.3) is 11.8 Å². The number of rotatable bonds is 3. The standard InChI is InChI=1S/C21H23N3O3/c25-19-17-14-5-6-15(21(14)8-9-21)18(17)20(26)24(19)22-12-13-4-7-16(27-13)23-10-2-1-3-11-23/h4-7,12,14-15,17-18H,1-3,8-11H2/b22-12-/t14-,15-,17+,18+/m1/s1. The minimum atomic E-state index is -0.201. The normalized spacial score (nSPS) is 35.9. The number of furan rings is 1. The number of amides is 2. The first-order valence-electron chi connectivity index (χ1n) is 10.1. The summed E-state index contributed by atoms with van der Waals surface area (Å²) >= 11 is 0. The Morgan fingerprint density at radius 2 is 1.67 bits per heavy atom. The summed E-state index contributed by atoms with van der Waals surface area (Å²) in [5, 5.41) is 5.33.